The zero-order valence-electron chi connectivity index (χ0n) is 33.0. The van der Waals surface area contributed by atoms with Gasteiger partial charge in [0.05, 0.1) is 48.4 Å². The fourth-order valence-electron chi connectivity index (χ4n) is 5.15. The minimum absolute atomic E-state index is 0.00870. The molecule has 4 N–H and O–H groups in total. The fraction of sp³-hybridized carbons (Fsp3) is 0. The second-order valence-corrected chi connectivity index (χ2v) is 19.4. The number of fused-ring (bicyclic) bond motifs is 3. The van der Waals surface area contributed by atoms with Crippen LogP contribution in [0.15, 0.2) is 109 Å². The minimum atomic E-state index is -3.22. The van der Waals surface area contributed by atoms with Crippen LogP contribution < -0.4 is 16.6 Å². The normalized spacial score (nSPS) is 10.2. The average Bonchev–Trinajstić information content (AvgIpc) is 3.26. The number of hydrogen-bond donors (Lipinski definition) is 3. The van der Waals surface area contributed by atoms with Gasteiger partial charge in [0.2, 0.25) is 17.5 Å². The van der Waals surface area contributed by atoms with Crippen LogP contribution in [0.25, 0.3) is 32.7 Å². The Morgan fingerprint density at radius 2 is 1.10 bits per heavy atom. The summed E-state index contributed by atoms with van der Waals surface area (Å²) in [6.07, 6.45) is 14.0. The van der Waals surface area contributed by atoms with Crippen LogP contribution in [-0.2, 0) is 4.57 Å². The van der Waals surface area contributed by atoms with E-state index in [4.69, 9.17) is 30.2 Å². The molecular formula is C40H23Cl4F3N11O8P. The van der Waals surface area contributed by atoms with Gasteiger partial charge in [-0.25, -0.2) is 24.9 Å². The van der Waals surface area contributed by atoms with E-state index in [0.29, 0.717) is 28.1 Å². The summed E-state index contributed by atoms with van der Waals surface area (Å²) < 4.78 is 49.5. The molecule has 0 saturated heterocycles. The molecule has 5 aromatic carbocycles. The van der Waals surface area contributed by atoms with Crippen molar-refractivity contribution in [3.05, 3.63) is 178 Å². The highest BCUT2D eigenvalue weighted by Gasteiger charge is 2.19. The number of nitrogens with one attached hydrogen (secondary N) is 2. The molecule has 0 amide bonds. The molecular weight excluding hydrogens is 992 g/mol. The Hall–Kier alpha value is -7.98. The highest BCUT2D eigenvalue weighted by Crippen LogP contribution is 2.61. The fourth-order valence-corrected chi connectivity index (χ4v) is 5.35. The second-order valence-electron chi connectivity index (χ2n) is 12.4. The first-order valence-corrected chi connectivity index (χ1v) is 22.4. The topological polar surface area (TPSA) is 282 Å². The molecule has 8 rings (SSSR count). The van der Waals surface area contributed by atoms with Crippen molar-refractivity contribution in [2.45, 2.75) is 0 Å². The Morgan fingerprint density at radius 1 is 0.657 bits per heavy atom. The van der Waals surface area contributed by atoms with Crippen LogP contribution >= 0.6 is 50.5 Å². The van der Waals surface area contributed by atoms with Crippen molar-refractivity contribution in [1.29, 1.82) is 0 Å². The Morgan fingerprint density at radius 3 is 1.60 bits per heavy atom. The number of benzene rings is 5. The molecule has 0 aliphatic rings. The van der Waals surface area contributed by atoms with Crippen molar-refractivity contribution >= 4 is 117 Å². The van der Waals surface area contributed by atoms with Crippen LogP contribution in [0.3, 0.4) is 0 Å². The van der Waals surface area contributed by atoms with Gasteiger partial charge in [-0.1, -0.05) is 35.6 Å². The Bertz CT molecular complexity index is 3390. The number of halogens is 7. The Labute approximate surface area is 392 Å². The lowest BCUT2D eigenvalue weighted by Crippen LogP contribution is -2.07. The standard InChI is InChI=1S/C16H9FN4O2.C8H3ClFN3O2.C8H4FN3O3.C8H7N.Cl3OP/c1-2-10-4-3-5-11(6-10)20-16-12-7-15(21(22)23)13(17)8-14(12)18-9-19-16;9-8-4-1-7(13(14)15)5(10)2-6(4)11-3-12-8;9-5-2-6-4(1-7(5)12(14)15)8(13)11-3-10-6;1-2-7-4-3-5-8(9)6-7;1-5(2,3)4/h1,3-9H,(H,18,19,20);1-3H;1-3H,(H,10,11,13);1,3-6H,9H2;. The van der Waals surface area contributed by atoms with Crippen molar-refractivity contribution in [2.75, 3.05) is 11.1 Å². The van der Waals surface area contributed by atoms with Gasteiger partial charge in [-0.2, -0.15) is 13.2 Å². The molecule has 8 aromatic rings. The highest BCUT2D eigenvalue weighted by molar-refractivity contribution is 8.24. The highest BCUT2D eigenvalue weighted by atomic mass is 36.0. The molecule has 0 unspecified atom stereocenters. The molecule has 0 aliphatic heterocycles. The first kappa shape index (κ1) is 51.7. The van der Waals surface area contributed by atoms with Gasteiger partial charge in [-0.05, 0) is 70.1 Å². The third-order valence-electron chi connectivity index (χ3n) is 8.00. The van der Waals surface area contributed by atoms with Gasteiger partial charge in [-0.15, -0.1) is 12.8 Å². The van der Waals surface area contributed by atoms with Crippen LogP contribution in [0.2, 0.25) is 5.15 Å². The van der Waals surface area contributed by atoms with Crippen LogP contribution in [0.4, 0.5) is 47.4 Å². The zero-order valence-corrected chi connectivity index (χ0v) is 36.9. The van der Waals surface area contributed by atoms with Crippen LogP contribution in [-0.4, -0.2) is 44.7 Å². The van der Waals surface area contributed by atoms with Gasteiger partial charge in [-0.3, -0.25) is 39.7 Å². The van der Waals surface area contributed by atoms with E-state index in [1.807, 2.05) is 12.1 Å². The number of nitro groups is 3. The number of nitrogens with two attached hydrogens (primary N) is 1. The molecule has 19 nitrogen and oxygen atoms in total. The molecule has 0 fully saturated rings. The van der Waals surface area contributed by atoms with E-state index in [0.717, 1.165) is 54.6 Å². The van der Waals surface area contributed by atoms with Crippen molar-refractivity contribution in [2.24, 2.45) is 0 Å². The molecule has 0 spiro atoms. The molecule has 67 heavy (non-hydrogen) atoms. The lowest BCUT2D eigenvalue weighted by Gasteiger charge is -2.08. The molecule has 27 heteroatoms. The van der Waals surface area contributed by atoms with Crippen molar-refractivity contribution in [1.82, 2.24) is 29.9 Å². The third-order valence-corrected chi connectivity index (χ3v) is 8.30. The smallest absolute Gasteiger partial charge is 0.339 e. The molecule has 3 heterocycles. The van der Waals surface area contributed by atoms with Gasteiger partial charge in [0.1, 0.15) is 23.6 Å². The second kappa shape index (κ2) is 23.3. The van der Waals surface area contributed by atoms with E-state index < -0.39 is 60.0 Å². The Kier molecular flexibility index (Phi) is 17.9. The summed E-state index contributed by atoms with van der Waals surface area (Å²) in [5.41, 5.74) is 6.35. The first-order valence-electron chi connectivity index (χ1n) is 17.6. The lowest BCUT2D eigenvalue weighted by atomic mass is 10.2. The predicted molar refractivity (Wildman–Crippen MR) is 248 cm³/mol. The van der Waals surface area contributed by atoms with Gasteiger partial charge < -0.3 is 16.0 Å². The van der Waals surface area contributed by atoms with Gasteiger partial charge >= 0.3 is 22.3 Å². The van der Waals surface area contributed by atoms with Crippen molar-refractivity contribution < 1.29 is 32.5 Å². The van der Waals surface area contributed by atoms with Gasteiger partial charge in [0, 0.05) is 64.3 Å². The molecule has 0 radical (unpaired) electrons. The van der Waals surface area contributed by atoms with Crippen molar-refractivity contribution in [3.8, 4) is 24.7 Å². The number of nitro benzene ring substituents is 3. The monoisotopic (exact) mass is 1010 g/mol. The molecule has 0 atom stereocenters. The van der Waals surface area contributed by atoms with E-state index in [1.165, 1.54) is 6.33 Å². The molecule has 3 aromatic heterocycles. The largest absolute Gasteiger partial charge is 0.399 e. The summed E-state index contributed by atoms with van der Waals surface area (Å²) in [4.78, 5) is 61.8. The number of H-pyrrole nitrogens is 1. The summed E-state index contributed by atoms with van der Waals surface area (Å²) in [7, 11) is 0. The summed E-state index contributed by atoms with van der Waals surface area (Å²) in [5, 5.41) is 32.2. The van der Waals surface area contributed by atoms with Crippen LogP contribution in [0.1, 0.15) is 11.1 Å². The van der Waals surface area contributed by atoms with Gasteiger partial charge in [0.15, 0.2) is 0 Å². The summed E-state index contributed by atoms with van der Waals surface area (Å²) >= 11 is 19.5. The van der Waals surface area contributed by atoms with E-state index in [9.17, 15) is 52.9 Å². The molecule has 340 valence electrons. The number of hydrogen-bond acceptors (Lipinski definition) is 15. The maximum absolute atomic E-state index is 13.7. The summed E-state index contributed by atoms with van der Waals surface area (Å²) in [6.45, 7) is 0. The summed E-state index contributed by atoms with van der Waals surface area (Å²) in [5.74, 6) is 2.43. The quantitative estimate of drug-likeness (QED) is 0.0361. The average molecular weight is 1020 g/mol. The number of nitrogen functional groups attached to an aromatic ring is 1. The minimum Gasteiger partial charge on any atom is -0.399 e. The SMILES string of the molecule is C#Cc1cccc(N)c1.C#Cc1cccc(Nc2ncnc3cc(F)c([N+](=O)[O-])cc23)c1.O=P(Cl)(Cl)Cl.O=[N+]([O-])c1cc2c(Cl)ncnc2cc1F.O=c1[nH]cnc2cc(F)c([N+](=O)[O-])cc12. The predicted octanol–water partition coefficient (Wildman–Crippen LogP) is 10.8. The van der Waals surface area contributed by atoms with Crippen LogP contribution in [0.5, 0.6) is 0 Å². The molecule has 0 bridgehead atoms. The van der Waals surface area contributed by atoms with Crippen LogP contribution in [0, 0.1) is 72.5 Å². The van der Waals surface area contributed by atoms with Gasteiger partial charge in [0.25, 0.3) is 5.56 Å². The van der Waals surface area contributed by atoms with E-state index >= 15 is 0 Å². The Balaban J connectivity index is 0.000000196. The number of nitrogens with zero attached hydrogens (tertiary/aromatic N) is 8. The van der Waals surface area contributed by atoms with Crippen molar-refractivity contribution in [3.63, 3.8) is 0 Å². The summed E-state index contributed by atoms with van der Waals surface area (Å²) in [6, 6.07) is 20.1. The number of rotatable bonds is 5. The van der Waals surface area contributed by atoms with E-state index in [2.05, 4.69) is 80.8 Å². The number of aromatic amines is 1. The zero-order chi connectivity index (χ0) is 49.6. The number of anilines is 3. The number of aromatic nitrogens is 6. The first-order chi connectivity index (χ1) is 31.6. The lowest BCUT2D eigenvalue weighted by molar-refractivity contribution is -0.387. The van der Waals surface area contributed by atoms with E-state index in [-0.39, 0.29) is 32.5 Å². The maximum Gasteiger partial charge on any atom is 0.339 e. The third kappa shape index (κ3) is 15.0. The molecule has 0 saturated carbocycles. The maximum atomic E-state index is 13.7. The van der Waals surface area contributed by atoms with E-state index in [1.54, 1.807) is 36.4 Å². The number of terminal acetylenes is 2. The molecule has 0 aliphatic carbocycles.